The van der Waals surface area contributed by atoms with E-state index in [0.717, 1.165) is 5.56 Å². The number of nitrogen functional groups attached to an aromatic ring is 1. The molecule has 0 atom stereocenters. The molecule has 96 valence electrons. The summed E-state index contributed by atoms with van der Waals surface area (Å²) in [6.45, 7) is 0. The van der Waals surface area contributed by atoms with Crippen molar-refractivity contribution in [3.05, 3.63) is 69.3 Å². The lowest BCUT2D eigenvalue weighted by molar-refractivity contribution is -0.385. The van der Waals surface area contributed by atoms with Crippen LogP contribution in [0.1, 0.15) is 16.7 Å². The minimum atomic E-state index is -0.510. The largest absolute Gasteiger partial charge is 0.399 e. The lowest BCUT2D eigenvalue weighted by atomic mass is 10.1. The number of anilines is 1. The average Bonchev–Trinajstić information content (AvgIpc) is 2.46. The zero-order chi connectivity index (χ0) is 14.5. The number of nitro benzene ring substituents is 1. The Bertz CT molecular complexity index is 760. The Kier molecular flexibility index (Phi) is 3.70. The Balaban J connectivity index is 2.45. The highest BCUT2D eigenvalue weighted by atomic mass is 16.6. The van der Waals surface area contributed by atoms with Crippen LogP contribution in [0.2, 0.25) is 0 Å². The SMILES string of the molecule is C#Cc1c(C#Cc2ccc(N)cc2)cccc1[N+](=O)[O-]. The van der Waals surface area contributed by atoms with Gasteiger partial charge in [0, 0.05) is 22.9 Å². The van der Waals surface area contributed by atoms with Crippen molar-refractivity contribution >= 4 is 11.4 Å². The van der Waals surface area contributed by atoms with Crippen molar-refractivity contribution in [1.29, 1.82) is 0 Å². The first kappa shape index (κ1) is 13.2. The first-order valence-corrected chi connectivity index (χ1v) is 5.73. The van der Waals surface area contributed by atoms with E-state index < -0.39 is 4.92 Å². The number of hydrogen-bond donors (Lipinski definition) is 1. The van der Waals surface area contributed by atoms with Gasteiger partial charge in [0.15, 0.2) is 0 Å². The van der Waals surface area contributed by atoms with Gasteiger partial charge in [-0.25, -0.2) is 0 Å². The van der Waals surface area contributed by atoms with Crippen LogP contribution in [-0.4, -0.2) is 4.92 Å². The van der Waals surface area contributed by atoms with Crippen molar-refractivity contribution < 1.29 is 4.92 Å². The van der Waals surface area contributed by atoms with Crippen LogP contribution >= 0.6 is 0 Å². The van der Waals surface area contributed by atoms with Crippen LogP contribution in [0.4, 0.5) is 11.4 Å². The van der Waals surface area contributed by atoms with Crippen LogP contribution < -0.4 is 5.73 Å². The van der Waals surface area contributed by atoms with Crippen molar-refractivity contribution in [2.75, 3.05) is 5.73 Å². The highest BCUT2D eigenvalue weighted by Gasteiger charge is 2.14. The molecule has 0 amide bonds. The lowest BCUT2D eigenvalue weighted by Gasteiger charge is -1.98. The van der Waals surface area contributed by atoms with Crippen LogP contribution in [0.5, 0.6) is 0 Å². The van der Waals surface area contributed by atoms with Gasteiger partial charge in [0.05, 0.1) is 4.92 Å². The summed E-state index contributed by atoms with van der Waals surface area (Å²) in [6, 6.07) is 11.6. The molecule has 0 aromatic heterocycles. The summed E-state index contributed by atoms with van der Waals surface area (Å²) >= 11 is 0. The summed E-state index contributed by atoms with van der Waals surface area (Å²) in [5, 5.41) is 10.9. The van der Waals surface area contributed by atoms with Crippen LogP contribution in [0, 0.1) is 34.3 Å². The number of hydrogen-bond acceptors (Lipinski definition) is 3. The van der Waals surface area contributed by atoms with Gasteiger partial charge >= 0.3 is 0 Å². The van der Waals surface area contributed by atoms with E-state index in [0.29, 0.717) is 11.3 Å². The van der Waals surface area contributed by atoms with E-state index in [1.165, 1.54) is 6.07 Å². The molecule has 0 spiro atoms. The third-order valence-electron chi connectivity index (χ3n) is 2.64. The normalized spacial score (nSPS) is 9.15. The minimum absolute atomic E-state index is 0.114. The lowest BCUT2D eigenvalue weighted by Crippen LogP contribution is -1.94. The van der Waals surface area contributed by atoms with Crippen LogP contribution in [-0.2, 0) is 0 Å². The average molecular weight is 262 g/mol. The zero-order valence-corrected chi connectivity index (χ0v) is 10.5. The Morgan fingerprint density at radius 1 is 1.10 bits per heavy atom. The summed E-state index contributed by atoms with van der Waals surface area (Å²) in [7, 11) is 0. The van der Waals surface area contributed by atoms with E-state index in [2.05, 4.69) is 17.8 Å². The van der Waals surface area contributed by atoms with Gasteiger partial charge in [0.1, 0.15) is 5.56 Å². The third kappa shape index (κ3) is 2.77. The Hall–Kier alpha value is -3.24. The third-order valence-corrected chi connectivity index (χ3v) is 2.64. The fourth-order valence-electron chi connectivity index (χ4n) is 1.65. The molecule has 2 N–H and O–H groups in total. The smallest absolute Gasteiger partial charge is 0.286 e. The second-order valence-electron chi connectivity index (χ2n) is 3.97. The van der Waals surface area contributed by atoms with Gasteiger partial charge in [-0.05, 0) is 30.3 Å². The maximum Gasteiger partial charge on any atom is 0.286 e. The summed E-state index contributed by atoms with van der Waals surface area (Å²) in [4.78, 5) is 10.4. The molecule has 0 bridgehead atoms. The van der Waals surface area contributed by atoms with Gasteiger partial charge in [0.25, 0.3) is 5.69 Å². The van der Waals surface area contributed by atoms with Crippen molar-refractivity contribution in [2.45, 2.75) is 0 Å². The molecule has 2 aromatic carbocycles. The molecule has 0 saturated heterocycles. The van der Waals surface area contributed by atoms with Crippen LogP contribution in [0.3, 0.4) is 0 Å². The monoisotopic (exact) mass is 262 g/mol. The molecule has 20 heavy (non-hydrogen) atoms. The van der Waals surface area contributed by atoms with Crippen LogP contribution in [0.15, 0.2) is 42.5 Å². The predicted octanol–water partition coefficient (Wildman–Crippen LogP) is 2.56. The van der Waals surface area contributed by atoms with Crippen molar-refractivity contribution in [3.8, 4) is 24.2 Å². The number of nitrogens with zero attached hydrogens (tertiary/aromatic N) is 1. The minimum Gasteiger partial charge on any atom is -0.399 e. The highest BCUT2D eigenvalue weighted by molar-refractivity contribution is 5.61. The first-order valence-electron chi connectivity index (χ1n) is 5.73. The van der Waals surface area contributed by atoms with E-state index in [1.807, 2.05) is 0 Å². The van der Waals surface area contributed by atoms with E-state index in [9.17, 15) is 10.1 Å². The summed E-state index contributed by atoms with van der Waals surface area (Å²) < 4.78 is 0. The van der Waals surface area contributed by atoms with E-state index in [4.69, 9.17) is 12.2 Å². The molecule has 0 aliphatic rings. The van der Waals surface area contributed by atoms with Gasteiger partial charge in [-0.1, -0.05) is 23.8 Å². The second-order valence-corrected chi connectivity index (χ2v) is 3.97. The van der Waals surface area contributed by atoms with Crippen molar-refractivity contribution in [3.63, 3.8) is 0 Å². The fourth-order valence-corrected chi connectivity index (χ4v) is 1.65. The molecule has 2 rings (SSSR count). The number of nitro groups is 1. The molecule has 0 unspecified atom stereocenters. The predicted molar refractivity (Wildman–Crippen MR) is 77.9 cm³/mol. The summed E-state index contributed by atoms with van der Waals surface area (Å²) in [6.07, 6.45) is 5.34. The van der Waals surface area contributed by atoms with Gasteiger partial charge in [-0.3, -0.25) is 10.1 Å². The standard InChI is InChI=1S/C16H10N2O2/c1-2-15-13(4-3-5-16(15)18(19)20)9-6-12-7-10-14(17)11-8-12/h1,3-5,7-8,10-11H,17H2. The molecule has 2 aromatic rings. The van der Waals surface area contributed by atoms with Gasteiger partial charge in [-0.15, -0.1) is 6.42 Å². The van der Waals surface area contributed by atoms with Crippen molar-refractivity contribution in [1.82, 2.24) is 0 Å². The number of benzene rings is 2. The van der Waals surface area contributed by atoms with Crippen molar-refractivity contribution in [2.24, 2.45) is 0 Å². The quantitative estimate of drug-likeness (QED) is 0.371. The highest BCUT2D eigenvalue weighted by Crippen LogP contribution is 2.20. The van der Waals surface area contributed by atoms with Gasteiger partial charge in [-0.2, -0.15) is 0 Å². The fraction of sp³-hybridized carbons (Fsp3) is 0. The Morgan fingerprint density at radius 2 is 1.80 bits per heavy atom. The summed E-state index contributed by atoms with van der Waals surface area (Å²) in [5.41, 5.74) is 7.53. The van der Waals surface area contributed by atoms with E-state index in [1.54, 1.807) is 36.4 Å². The van der Waals surface area contributed by atoms with Gasteiger partial charge < -0.3 is 5.73 Å². The molecule has 0 fully saturated rings. The van der Waals surface area contributed by atoms with Crippen LogP contribution in [0.25, 0.3) is 0 Å². The topological polar surface area (TPSA) is 69.2 Å². The molecule has 0 saturated carbocycles. The molecule has 0 radical (unpaired) electrons. The maximum atomic E-state index is 10.9. The van der Waals surface area contributed by atoms with Gasteiger partial charge in [0.2, 0.25) is 0 Å². The number of nitrogens with two attached hydrogens (primary N) is 1. The first-order chi connectivity index (χ1) is 9.61. The molecule has 4 heteroatoms. The molecular weight excluding hydrogens is 252 g/mol. The Morgan fingerprint density at radius 3 is 2.40 bits per heavy atom. The molecule has 4 nitrogen and oxygen atoms in total. The Labute approximate surface area is 116 Å². The molecule has 0 aliphatic carbocycles. The molecular formula is C16H10N2O2. The van der Waals surface area contributed by atoms with E-state index in [-0.39, 0.29) is 11.3 Å². The maximum absolute atomic E-state index is 10.9. The molecule has 0 aliphatic heterocycles. The zero-order valence-electron chi connectivity index (χ0n) is 10.5. The molecule has 0 heterocycles. The summed E-state index contributed by atoms with van der Waals surface area (Å²) in [5.74, 6) is 8.09. The van der Waals surface area contributed by atoms with E-state index >= 15 is 0 Å². The number of terminal acetylenes is 1. The number of rotatable bonds is 1. The second kappa shape index (κ2) is 5.60.